The number of hydrogen-bond donors (Lipinski definition) is 0. The third-order valence-corrected chi connectivity index (χ3v) is 2.91. The molecule has 0 bridgehead atoms. The smallest absolute Gasteiger partial charge is 0.223 e. The molecule has 0 saturated carbocycles. The topological polar surface area (TPSA) is 20.3 Å². The number of nitrogens with zero attached hydrogens (tertiary/aromatic N) is 1. The zero-order chi connectivity index (χ0) is 9.19. The fourth-order valence-electron chi connectivity index (χ4n) is 1.79. The van der Waals surface area contributed by atoms with Crippen LogP contribution in [0.1, 0.15) is 33.1 Å². The molecule has 2 nitrogen and oxygen atoms in total. The fourth-order valence-corrected chi connectivity index (χ4v) is 2.12. The zero-order valence-electron chi connectivity index (χ0n) is 7.77. The third-order valence-electron chi connectivity index (χ3n) is 2.51. The summed E-state index contributed by atoms with van der Waals surface area (Å²) in [6.07, 6.45) is 2.92. The molecule has 0 aromatic heterocycles. The summed E-state index contributed by atoms with van der Waals surface area (Å²) in [6.45, 7) is 5.23. The van der Waals surface area contributed by atoms with Gasteiger partial charge >= 0.3 is 0 Å². The number of likely N-dealkylation sites (tertiary alicyclic amines) is 1. The summed E-state index contributed by atoms with van der Waals surface area (Å²) in [5.41, 5.74) is 0.0965. The summed E-state index contributed by atoms with van der Waals surface area (Å²) in [5, 5.41) is 0.776. The number of amides is 1. The van der Waals surface area contributed by atoms with Crippen molar-refractivity contribution in [3.8, 4) is 0 Å². The molecular formula is C9H16BrNO. The van der Waals surface area contributed by atoms with Crippen molar-refractivity contribution >= 4 is 21.8 Å². The number of alkyl halides is 1. The summed E-state index contributed by atoms with van der Waals surface area (Å²) in [7, 11) is 0. The van der Waals surface area contributed by atoms with Gasteiger partial charge in [0.2, 0.25) is 5.91 Å². The van der Waals surface area contributed by atoms with Crippen LogP contribution in [-0.2, 0) is 4.79 Å². The summed E-state index contributed by atoms with van der Waals surface area (Å²) < 4.78 is 0. The Morgan fingerprint density at radius 3 is 2.67 bits per heavy atom. The standard InChI is InChI=1S/C9H16BrNO/c1-9(2)5-3-7-11(9)8(12)4-6-10/h3-7H2,1-2H3. The maximum Gasteiger partial charge on any atom is 0.223 e. The molecule has 0 radical (unpaired) electrons. The molecule has 1 fully saturated rings. The Bertz CT molecular complexity index is 179. The normalized spacial score (nSPS) is 21.4. The van der Waals surface area contributed by atoms with E-state index in [0.717, 1.165) is 24.7 Å². The highest BCUT2D eigenvalue weighted by Gasteiger charge is 2.34. The van der Waals surface area contributed by atoms with Crippen LogP contribution in [0.3, 0.4) is 0 Å². The van der Waals surface area contributed by atoms with E-state index in [1.165, 1.54) is 0 Å². The van der Waals surface area contributed by atoms with E-state index in [9.17, 15) is 4.79 Å². The molecule has 0 aliphatic carbocycles. The van der Waals surface area contributed by atoms with Gasteiger partial charge in [-0.25, -0.2) is 0 Å². The van der Waals surface area contributed by atoms with Gasteiger partial charge in [0.1, 0.15) is 0 Å². The zero-order valence-corrected chi connectivity index (χ0v) is 9.35. The molecule has 1 aliphatic heterocycles. The molecule has 1 rings (SSSR count). The Hall–Kier alpha value is -0.0500. The van der Waals surface area contributed by atoms with Gasteiger partial charge in [-0.15, -0.1) is 0 Å². The Kier molecular flexibility index (Phi) is 3.16. The lowest BCUT2D eigenvalue weighted by Crippen LogP contribution is -2.42. The number of hydrogen-bond acceptors (Lipinski definition) is 1. The molecule has 1 aliphatic rings. The molecule has 0 atom stereocenters. The Balaban J connectivity index is 2.56. The predicted octanol–water partition coefficient (Wildman–Crippen LogP) is 2.17. The molecular weight excluding hydrogens is 218 g/mol. The second kappa shape index (κ2) is 3.77. The van der Waals surface area contributed by atoms with Gasteiger partial charge in [0.15, 0.2) is 0 Å². The second-order valence-corrected chi connectivity index (χ2v) is 4.69. The summed E-state index contributed by atoms with van der Waals surface area (Å²) >= 11 is 3.29. The van der Waals surface area contributed by atoms with Crippen LogP contribution in [-0.4, -0.2) is 28.2 Å². The van der Waals surface area contributed by atoms with E-state index < -0.39 is 0 Å². The van der Waals surface area contributed by atoms with Crippen molar-refractivity contribution in [1.82, 2.24) is 4.90 Å². The Morgan fingerprint density at radius 2 is 2.25 bits per heavy atom. The van der Waals surface area contributed by atoms with Crippen LogP contribution in [0, 0.1) is 0 Å². The lowest BCUT2D eigenvalue weighted by molar-refractivity contribution is -0.133. The lowest BCUT2D eigenvalue weighted by Gasteiger charge is -2.31. The molecule has 12 heavy (non-hydrogen) atoms. The minimum Gasteiger partial charge on any atom is -0.338 e. The van der Waals surface area contributed by atoms with E-state index in [1.807, 2.05) is 4.90 Å². The molecule has 0 N–H and O–H groups in total. The van der Waals surface area contributed by atoms with Crippen molar-refractivity contribution < 1.29 is 4.79 Å². The monoisotopic (exact) mass is 233 g/mol. The van der Waals surface area contributed by atoms with Crippen molar-refractivity contribution in [2.45, 2.75) is 38.6 Å². The van der Waals surface area contributed by atoms with Gasteiger partial charge in [0.25, 0.3) is 0 Å². The highest BCUT2D eigenvalue weighted by atomic mass is 79.9. The summed E-state index contributed by atoms with van der Waals surface area (Å²) in [5.74, 6) is 0.286. The Morgan fingerprint density at radius 1 is 1.58 bits per heavy atom. The Labute approximate surface area is 82.4 Å². The van der Waals surface area contributed by atoms with Crippen LogP contribution >= 0.6 is 15.9 Å². The van der Waals surface area contributed by atoms with E-state index in [4.69, 9.17) is 0 Å². The molecule has 3 heteroatoms. The van der Waals surface area contributed by atoms with E-state index in [-0.39, 0.29) is 11.4 Å². The average Bonchev–Trinajstić information content (AvgIpc) is 2.30. The number of carbonyl (C=O) groups excluding carboxylic acids is 1. The number of halogens is 1. The molecule has 1 amide bonds. The first-order chi connectivity index (χ1) is 5.58. The van der Waals surface area contributed by atoms with E-state index in [2.05, 4.69) is 29.8 Å². The fraction of sp³-hybridized carbons (Fsp3) is 0.889. The minimum atomic E-state index is 0.0965. The third kappa shape index (κ3) is 2.00. The van der Waals surface area contributed by atoms with Gasteiger partial charge in [-0.1, -0.05) is 15.9 Å². The van der Waals surface area contributed by atoms with Crippen LogP contribution in [0.25, 0.3) is 0 Å². The number of rotatable bonds is 2. The summed E-state index contributed by atoms with van der Waals surface area (Å²) in [6, 6.07) is 0. The molecule has 0 aromatic rings. The van der Waals surface area contributed by atoms with E-state index in [0.29, 0.717) is 6.42 Å². The molecule has 0 spiro atoms. The van der Waals surface area contributed by atoms with Crippen LogP contribution in [0.15, 0.2) is 0 Å². The first-order valence-electron chi connectivity index (χ1n) is 4.44. The molecule has 0 unspecified atom stereocenters. The average molecular weight is 234 g/mol. The van der Waals surface area contributed by atoms with Gasteiger partial charge in [-0.2, -0.15) is 0 Å². The molecule has 1 heterocycles. The van der Waals surface area contributed by atoms with Crippen molar-refractivity contribution in [1.29, 1.82) is 0 Å². The second-order valence-electron chi connectivity index (χ2n) is 3.90. The van der Waals surface area contributed by atoms with E-state index in [1.54, 1.807) is 0 Å². The first-order valence-corrected chi connectivity index (χ1v) is 5.56. The van der Waals surface area contributed by atoms with Crippen LogP contribution in [0.2, 0.25) is 0 Å². The summed E-state index contributed by atoms with van der Waals surface area (Å²) in [4.78, 5) is 13.6. The highest BCUT2D eigenvalue weighted by molar-refractivity contribution is 9.09. The SMILES string of the molecule is CC1(C)CCCN1C(=O)CCBr. The number of carbonyl (C=O) groups is 1. The first kappa shape index (κ1) is 10.0. The maximum atomic E-state index is 11.6. The van der Waals surface area contributed by atoms with Gasteiger partial charge in [-0.05, 0) is 26.7 Å². The van der Waals surface area contributed by atoms with Gasteiger partial charge < -0.3 is 4.90 Å². The highest BCUT2D eigenvalue weighted by Crippen LogP contribution is 2.28. The van der Waals surface area contributed by atoms with Crippen molar-refractivity contribution in [2.75, 3.05) is 11.9 Å². The quantitative estimate of drug-likeness (QED) is 0.670. The van der Waals surface area contributed by atoms with Crippen molar-refractivity contribution in [3.63, 3.8) is 0 Å². The van der Waals surface area contributed by atoms with Crippen LogP contribution < -0.4 is 0 Å². The molecule has 0 aromatic carbocycles. The van der Waals surface area contributed by atoms with Gasteiger partial charge in [0.05, 0.1) is 0 Å². The molecule has 1 saturated heterocycles. The van der Waals surface area contributed by atoms with Gasteiger partial charge in [-0.3, -0.25) is 4.79 Å². The predicted molar refractivity (Wildman–Crippen MR) is 53.4 cm³/mol. The van der Waals surface area contributed by atoms with Crippen LogP contribution in [0.4, 0.5) is 0 Å². The minimum absolute atomic E-state index is 0.0965. The largest absolute Gasteiger partial charge is 0.338 e. The molecule has 70 valence electrons. The lowest BCUT2D eigenvalue weighted by atomic mass is 10.0. The van der Waals surface area contributed by atoms with Crippen molar-refractivity contribution in [3.05, 3.63) is 0 Å². The van der Waals surface area contributed by atoms with E-state index >= 15 is 0 Å². The van der Waals surface area contributed by atoms with Crippen molar-refractivity contribution in [2.24, 2.45) is 0 Å². The van der Waals surface area contributed by atoms with Crippen LogP contribution in [0.5, 0.6) is 0 Å². The maximum absolute atomic E-state index is 11.6. The van der Waals surface area contributed by atoms with Gasteiger partial charge in [0, 0.05) is 23.8 Å².